The number of nitrogens with one attached hydrogen (secondary N) is 2. The second-order valence-electron chi connectivity index (χ2n) is 4.18. The van der Waals surface area contributed by atoms with Crippen molar-refractivity contribution in [1.29, 1.82) is 0 Å². The van der Waals surface area contributed by atoms with Crippen molar-refractivity contribution in [2.45, 2.75) is 25.4 Å². The van der Waals surface area contributed by atoms with Crippen molar-refractivity contribution in [3.8, 4) is 0 Å². The Kier molecular flexibility index (Phi) is 3.97. The van der Waals surface area contributed by atoms with Gasteiger partial charge in [-0.15, -0.1) is 0 Å². The Bertz CT molecular complexity index is 421. The molecule has 1 aliphatic carbocycles. The number of amides is 1. The molecule has 1 saturated carbocycles. The number of rotatable bonds is 5. The fourth-order valence-electron chi connectivity index (χ4n) is 1.50. The van der Waals surface area contributed by atoms with Crippen LogP contribution in [-0.2, 0) is 11.3 Å². The van der Waals surface area contributed by atoms with Gasteiger partial charge in [0.15, 0.2) is 0 Å². The summed E-state index contributed by atoms with van der Waals surface area (Å²) in [5.74, 6) is -0.353. The number of hydrogen-bond acceptors (Lipinski definition) is 2. The van der Waals surface area contributed by atoms with Crippen molar-refractivity contribution in [2.24, 2.45) is 0 Å². The lowest BCUT2D eigenvalue weighted by molar-refractivity contribution is -0.120. The minimum absolute atomic E-state index is 0.0278. The fraction of sp³-hybridized carbons (Fsp3) is 0.417. The van der Waals surface area contributed by atoms with Crippen molar-refractivity contribution in [2.75, 3.05) is 6.54 Å². The number of hydrogen-bond donors (Lipinski definition) is 2. The van der Waals surface area contributed by atoms with E-state index in [-0.39, 0.29) is 18.3 Å². The topological polar surface area (TPSA) is 41.1 Å². The van der Waals surface area contributed by atoms with Crippen LogP contribution in [0.2, 0.25) is 5.02 Å². The SMILES string of the molecule is O=C(CNCc1cc(F)ccc1Cl)NC1CC1. The highest BCUT2D eigenvalue weighted by molar-refractivity contribution is 6.31. The quantitative estimate of drug-likeness (QED) is 0.844. The summed E-state index contributed by atoms with van der Waals surface area (Å²) in [6.45, 7) is 0.609. The minimum atomic E-state index is -0.325. The molecule has 0 bridgehead atoms. The zero-order valence-corrected chi connectivity index (χ0v) is 10.1. The summed E-state index contributed by atoms with van der Waals surface area (Å²) in [5.41, 5.74) is 0.658. The van der Waals surface area contributed by atoms with Gasteiger partial charge in [-0.1, -0.05) is 11.6 Å². The molecule has 0 heterocycles. The Morgan fingerprint density at radius 1 is 1.47 bits per heavy atom. The van der Waals surface area contributed by atoms with Gasteiger partial charge in [-0.3, -0.25) is 4.79 Å². The van der Waals surface area contributed by atoms with E-state index in [0.717, 1.165) is 12.8 Å². The van der Waals surface area contributed by atoms with Gasteiger partial charge in [0, 0.05) is 17.6 Å². The highest BCUT2D eigenvalue weighted by atomic mass is 35.5. The van der Waals surface area contributed by atoms with Crippen molar-refractivity contribution in [3.63, 3.8) is 0 Å². The lowest BCUT2D eigenvalue weighted by Gasteiger charge is -2.07. The summed E-state index contributed by atoms with van der Waals surface area (Å²) in [6, 6.07) is 4.56. The molecule has 0 aliphatic heterocycles. The monoisotopic (exact) mass is 256 g/mol. The van der Waals surface area contributed by atoms with Crippen molar-refractivity contribution < 1.29 is 9.18 Å². The Balaban J connectivity index is 1.76. The Morgan fingerprint density at radius 3 is 2.94 bits per heavy atom. The van der Waals surface area contributed by atoms with E-state index in [0.29, 0.717) is 23.2 Å². The first-order valence-electron chi connectivity index (χ1n) is 5.59. The molecule has 2 rings (SSSR count). The van der Waals surface area contributed by atoms with E-state index in [2.05, 4.69) is 10.6 Å². The summed E-state index contributed by atoms with van der Waals surface area (Å²) in [7, 11) is 0. The second kappa shape index (κ2) is 5.47. The fourth-order valence-corrected chi connectivity index (χ4v) is 1.68. The predicted octanol–water partition coefficient (Wildman–Crippen LogP) is 1.85. The largest absolute Gasteiger partial charge is 0.352 e. The molecule has 0 spiro atoms. The molecule has 1 fully saturated rings. The van der Waals surface area contributed by atoms with Gasteiger partial charge in [0.1, 0.15) is 5.82 Å². The van der Waals surface area contributed by atoms with Crippen LogP contribution in [0.25, 0.3) is 0 Å². The molecule has 0 unspecified atom stereocenters. The average molecular weight is 257 g/mol. The Hall–Kier alpha value is -1.13. The van der Waals surface area contributed by atoms with E-state index in [9.17, 15) is 9.18 Å². The van der Waals surface area contributed by atoms with Gasteiger partial charge in [-0.25, -0.2) is 4.39 Å². The van der Waals surface area contributed by atoms with Gasteiger partial charge >= 0.3 is 0 Å². The first-order chi connectivity index (χ1) is 8.15. The third-order valence-corrected chi connectivity index (χ3v) is 2.92. The molecule has 17 heavy (non-hydrogen) atoms. The molecular formula is C12H14ClFN2O. The van der Waals surface area contributed by atoms with Gasteiger partial charge in [-0.2, -0.15) is 0 Å². The average Bonchev–Trinajstić information content (AvgIpc) is 3.07. The van der Waals surface area contributed by atoms with Crippen LogP contribution >= 0.6 is 11.6 Å². The number of carbonyl (C=O) groups excluding carboxylic acids is 1. The molecule has 0 radical (unpaired) electrons. The molecule has 3 nitrogen and oxygen atoms in total. The van der Waals surface area contributed by atoms with E-state index < -0.39 is 0 Å². The predicted molar refractivity (Wildman–Crippen MR) is 64.3 cm³/mol. The molecular weight excluding hydrogens is 243 g/mol. The van der Waals surface area contributed by atoms with Crippen LogP contribution in [0, 0.1) is 5.82 Å². The standard InChI is InChI=1S/C12H14ClFN2O/c13-11-4-1-9(14)5-8(11)6-15-7-12(17)16-10-2-3-10/h1,4-5,10,15H,2-3,6-7H2,(H,16,17). The molecule has 5 heteroatoms. The first kappa shape index (κ1) is 12.3. The van der Waals surface area contributed by atoms with Crippen molar-refractivity contribution in [1.82, 2.24) is 10.6 Å². The molecule has 1 aliphatic rings. The first-order valence-corrected chi connectivity index (χ1v) is 5.97. The van der Waals surface area contributed by atoms with Gasteiger partial charge in [-0.05, 0) is 36.6 Å². The molecule has 1 aromatic rings. The Morgan fingerprint density at radius 2 is 2.24 bits per heavy atom. The van der Waals surface area contributed by atoms with Crippen LogP contribution in [0.4, 0.5) is 4.39 Å². The van der Waals surface area contributed by atoms with E-state index in [1.54, 1.807) is 0 Å². The van der Waals surface area contributed by atoms with Gasteiger partial charge in [0.2, 0.25) is 5.91 Å². The highest BCUT2D eigenvalue weighted by Crippen LogP contribution is 2.18. The van der Waals surface area contributed by atoms with Crippen molar-refractivity contribution in [3.05, 3.63) is 34.6 Å². The molecule has 1 aromatic carbocycles. The summed E-state index contributed by atoms with van der Waals surface area (Å²) in [6.07, 6.45) is 2.14. The second-order valence-corrected chi connectivity index (χ2v) is 4.59. The maximum Gasteiger partial charge on any atom is 0.234 e. The smallest absolute Gasteiger partial charge is 0.234 e. The molecule has 1 amide bonds. The summed E-state index contributed by atoms with van der Waals surface area (Å²) in [4.78, 5) is 11.4. The number of benzene rings is 1. The van der Waals surface area contributed by atoms with Crippen LogP contribution < -0.4 is 10.6 Å². The molecule has 2 N–H and O–H groups in total. The van der Waals surface area contributed by atoms with E-state index >= 15 is 0 Å². The molecule has 0 saturated heterocycles. The van der Waals surface area contributed by atoms with Crippen LogP contribution in [0.5, 0.6) is 0 Å². The summed E-state index contributed by atoms with van der Waals surface area (Å²) < 4.78 is 12.9. The van der Waals surface area contributed by atoms with Crippen LogP contribution in [0.1, 0.15) is 18.4 Å². The van der Waals surface area contributed by atoms with Crippen molar-refractivity contribution >= 4 is 17.5 Å². The van der Waals surface area contributed by atoms with Gasteiger partial charge < -0.3 is 10.6 Å². The van der Waals surface area contributed by atoms with Crippen LogP contribution in [-0.4, -0.2) is 18.5 Å². The third kappa shape index (κ3) is 3.98. The Labute approximate surface area is 104 Å². The minimum Gasteiger partial charge on any atom is -0.352 e. The molecule has 0 aromatic heterocycles. The normalized spacial score (nSPS) is 14.7. The van der Waals surface area contributed by atoms with E-state index in [1.807, 2.05) is 0 Å². The summed E-state index contributed by atoms with van der Waals surface area (Å²) in [5, 5.41) is 6.30. The maximum atomic E-state index is 12.9. The highest BCUT2D eigenvalue weighted by Gasteiger charge is 2.22. The number of carbonyl (C=O) groups is 1. The van der Waals surface area contributed by atoms with Crippen LogP contribution in [0.3, 0.4) is 0 Å². The lowest BCUT2D eigenvalue weighted by Crippen LogP contribution is -2.34. The zero-order chi connectivity index (χ0) is 12.3. The molecule has 0 atom stereocenters. The van der Waals surface area contributed by atoms with Gasteiger partial charge in [0.05, 0.1) is 6.54 Å². The zero-order valence-electron chi connectivity index (χ0n) is 9.30. The maximum absolute atomic E-state index is 12.9. The van der Waals surface area contributed by atoms with Gasteiger partial charge in [0.25, 0.3) is 0 Å². The molecule has 92 valence electrons. The summed E-state index contributed by atoms with van der Waals surface area (Å²) >= 11 is 5.90. The number of halogens is 2. The van der Waals surface area contributed by atoms with E-state index in [4.69, 9.17) is 11.6 Å². The third-order valence-electron chi connectivity index (χ3n) is 2.55. The van der Waals surface area contributed by atoms with E-state index in [1.165, 1.54) is 18.2 Å². The lowest BCUT2D eigenvalue weighted by atomic mass is 10.2. The van der Waals surface area contributed by atoms with Crippen LogP contribution in [0.15, 0.2) is 18.2 Å².